The molecular weight excluding hydrogens is 222 g/mol. The van der Waals surface area contributed by atoms with E-state index in [-0.39, 0.29) is 5.41 Å². The first-order chi connectivity index (χ1) is 8.45. The Labute approximate surface area is 112 Å². The van der Waals surface area contributed by atoms with Gasteiger partial charge in [0, 0.05) is 6.04 Å². The van der Waals surface area contributed by atoms with Crippen LogP contribution in [0.3, 0.4) is 0 Å². The Morgan fingerprint density at radius 1 is 1.28 bits per heavy atom. The molecule has 0 heterocycles. The summed E-state index contributed by atoms with van der Waals surface area (Å²) in [4.78, 5) is 0. The van der Waals surface area contributed by atoms with Gasteiger partial charge in [-0.2, -0.15) is 0 Å². The van der Waals surface area contributed by atoms with E-state index in [1.807, 2.05) is 13.0 Å². The third-order valence-electron chi connectivity index (χ3n) is 3.23. The molecular formula is C16H27NO. The van der Waals surface area contributed by atoms with Crippen LogP contribution in [0, 0.1) is 0 Å². The molecule has 102 valence electrons. The predicted octanol–water partition coefficient (Wildman–Crippen LogP) is 3.75. The second-order valence-corrected chi connectivity index (χ2v) is 5.70. The maximum Gasteiger partial charge on any atom is 0.119 e. The Balaban J connectivity index is 2.67. The zero-order valence-electron chi connectivity index (χ0n) is 12.4. The van der Waals surface area contributed by atoms with E-state index in [9.17, 15) is 0 Å². The quantitative estimate of drug-likeness (QED) is 0.794. The van der Waals surface area contributed by atoms with Gasteiger partial charge in [0.05, 0.1) is 6.61 Å². The fourth-order valence-corrected chi connectivity index (χ4v) is 1.99. The Kier molecular flexibility index (Phi) is 5.67. The van der Waals surface area contributed by atoms with E-state index >= 15 is 0 Å². The summed E-state index contributed by atoms with van der Waals surface area (Å²) in [5.41, 5.74) is 1.52. The third kappa shape index (κ3) is 4.69. The summed E-state index contributed by atoms with van der Waals surface area (Å²) >= 11 is 0. The van der Waals surface area contributed by atoms with Crippen LogP contribution in [0.4, 0.5) is 0 Å². The van der Waals surface area contributed by atoms with Crippen molar-refractivity contribution in [3.63, 3.8) is 0 Å². The summed E-state index contributed by atoms with van der Waals surface area (Å²) in [7, 11) is 0. The van der Waals surface area contributed by atoms with Crippen LogP contribution in [-0.4, -0.2) is 19.2 Å². The minimum atomic E-state index is 0.176. The number of ether oxygens (including phenoxy) is 1. The van der Waals surface area contributed by atoms with E-state index in [1.165, 1.54) is 5.56 Å². The van der Waals surface area contributed by atoms with Crippen molar-refractivity contribution >= 4 is 0 Å². The molecule has 1 rings (SSSR count). The Morgan fingerprint density at radius 2 is 2.00 bits per heavy atom. The molecule has 0 amide bonds. The smallest absolute Gasteiger partial charge is 0.119 e. The summed E-state index contributed by atoms with van der Waals surface area (Å²) in [6.45, 7) is 12.7. The van der Waals surface area contributed by atoms with Crippen LogP contribution in [0.1, 0.15) is 46.6 Å². The zero-order valence-corrected chi connectivity index (χ0v) is 12.4. The normalized spacial score (nSPS) is 11.9. The molecule has 18 heavy (non-hydrogen) atoms. The number of hydrogen-bond acceptors (Lipinski definition) is 2. The fraction of sp³-hybridized carbons (Fsp3) is 0.625. The molecule has 0 aromatic heterocycles. The van der Waals surface area contributed by atoms with Gasteiger partial charge in [-0.15, -0.1) is 0 Å². The highest BCUT2D eigenvalue weighted by Gasteiger charge is 2.20. The van der Waals surface area contributed by atoms with Gasteiger partial charge in [0.2, 0.25) is 0 Å². The summed E-state index contributed by atoms with van der Waals surface area (Å²) in [5, 5.41) is 3.48. The van der Waals surface area contributed by atoms with Crippen molar-refractivity contribution in [1.29, 1.82) is 0 Å². The van der Waals surface area contributed by atoms with Crippen LogP contribution < -0.4 is 10.1 Å². The maximum atomic E-state index is 5.57. The van der Waals surface area contributed by atoms with Gasteiger partial charge in [0.25, 0.3) is 0 Å². The van der Waals surface area contributed by atoms with Gasteiger partial charge in [-0.25, -0.2) is 0 Å². The molecule has 2 heteroatoms. The molecule has 0 aliphatic carbocycles. The second-order valence-electron chi connectivity index (χ2n) is 5.70. The van der Waals surface area contributed by atoms with Crippen LogP contribution in [0.15, 0.2) is 24.3 Å². The van der Waals surface area contributed by atoms with Gasteiger partial charge in [-0.3, -0.25) is 0 Å². The van der Waals surface area contributed by atoms with Gasteiger partial charge in [-0.1, -0.05) is 39.8 Å². The van der Waals surface area contributed by atoms with Crippen LogP contribution >= 0.6 is 0 Å². The monoisotopic (exact) mass is 249 g/mol. The predicted molar refractivity (Wildman–Crippen MR) is 78.4 cm³/mol. The van der Waals surface area contributed by atoms with Crippen molar-refractivity contribution in [3.05, 3.63) is 29.8 Å². The molecule has 0 aliphatic heterocycles. The van der Waals surface area contributed by atoms with Crippen molar-refractivity contribution in [2.24, 2.45) is 0 Å². The van der Waals surface area contributed by atoms with Crippen molar-refractivity contribution in [1.82, 2.24) is 5.32 Å². The van der Waals surface area contributed by atoms with E-state index in [2.05, 4.69) is 51.2 Å². The summed E-state index contributed by atoms with van der Waals surface area (Å²) in [5.74, 6) is 0.972. The molecule has 0 aliphatic rings. The molecule has 1 aromatic carbocycles. The second kappa shape index (κ2) is 6.79. The van der Waals surface area contributed by atoms with E-state index in [0.29, 0.717) is 6.04 Å². The first kappa shape index (κ1) is 15.0. The van der Waals surface area contributed by atoms with Crippen molar-refractivity contribution in [2.45, 2.75) is 52.5 Å². The molecule has 0 saturated heterocycles. The number of nitrogens with one attached hydrogen (secondary N) is 1. The van der Waals surface area contributed by atoms with Crippen molar-refractivity contribution < 1.29 is 4.74 Å². The molecule has 0 radical (unpaired) electrons. The standard InChI is InChI=1S/C16H27NO/c1-6-18-15-9-7-8-14(12-15)16(4,5)10-11-17-13(2)3/h7-9,12-13,17H,6,10-11H2,1-5H3. The number of hydrogen-bond donors (Lipinski definition) is 1. The lowest BCUT2D eigenvalue weighted by atomic mass is 9.81. The lowest BCUT2D eigenvalue weighted by molar-refractivity contribution is 0.338. The van der Waals surface area contributed by atoms with Gasteiger partial charge >= 0.3 is 0 Å². The van der Waals surface area contributed by atoms with Crippen LogP contribution in [0.5, 0.6) is 5.75 Å². The Bertz CT molecular complexity index is 358. The largest absolute Gasteiger partial charge is 0.494 e. The molecule has 0 bridgehead atoms. The van der Waals surface area contributed by atoms with Gasteiger partial charge in [-0.05, 0) is 43.0 Å². The lowest BCUT2D eigenvalue weighted by Crippen LogP contribution is -2.29. The van der Waals surface area contributed by atoms with Gasteiger partial charge in [0.15, 0.2) is 0 Å². The van der Waals surface area contributed by atoms with Crippen LogP contribution in [0.25, 0.3) is 0 Å². The Morgan fingerprint density at radius 3 is 2.61 bits per heavy atom. The van der Waals surface area contributed by atoms with Crippen molar-refractivity contribution in [2.75, 3.05) is 13.2 Å². The molecule has 0 saturated carbocycles. The third-order valence-corrected chi connectivity index (χ3v) is 3.23. The molecule has 0 spiro atoms. The molecule has 0 atom stereocenters. The maximum absolute atomic E-state index is 5.57. The van der Waals surface area contributed by atoms with Gasteiger partial charge < -0.3 is 10.1 Å². The van der Waals surface area contributed by atoms with E-state index in [1.54, 1.807) is 0 Å². The van der Waals surface area contributed by atoms with E-state index < -0.39 is 0 Å². The van der Waals surface area contributed by atoms with Gasteiger partial charge in [0.1, 0.15) is 5.75 Å². The number of rotatable bonds is 7. The van der Waals surface area contributed by atoms with Crippen LogP contribution in [-0.2, 0) is 5.41 Å². The van der Waals surface area contributed by atoms with Crippen LogP contribution in [0.2, 0.25) is 0 Å². The Hall–Kier alpha value is -1.02. The highest BCUT2D eigenvalue weighted by Crippen LogP contribution is 2.29. The summed E-state index contributed by atoms with van der Waals surface area (Å²) in [6.07, 6.45) is 1.13. The summed E-state index contributed by atoms with van der Waals surface area (Å²) in [6, 6.07) is 9.01. The molecule has 0 unspecified atom stereocenters. The SMILES string of the molecule is CCOc1cccc(C(C)(C)CCNC(C)C)c1. The fourth-order valence-electron chi connectivity index (χ4n) is 1.99. The average Bonchev–Trinajstić information content (AvgIpc) is 2.29. The highest BCUT2D eigenvalue weighted by atomic mass is 16.5. The lowest BCUT2D eigenvalue weighted by Gasteiger charge is -2.26. The molecule has 0 fully saturated rings. The highest BCUT2D eigenvalue weighted by molar-refractivity contribution is 5.33. The molecule has 1 N–H and O–H groups in total. The molecule has 2 nitrogen and oxygen atoms in total. The minimum Gasteiger partial charge on any atom is -0.494 e. The molecule has 1 aromatic rings. The minimum absolute atomic E-state index is 0.176. The summed E-state index contributed by atoms with van der Waals surface area (Å²) < 4.78 is 5.57. The van der Waals surface area contributed by atoms with Crippen molar-refractivity contribution in [3.8, 4) is 5.75 Å². The topological polar surface area (TPSA) is 21.3 Å². The first-order valence-corrected chi connectivity index (χ1v) is 6.92. The van der Waals surface area contributed by atoms with E-state index in [0.717, 1.165) is 25.3 Å². The average molecular weight is 249 g/mol. The number of benzene rings is 1. The zero-order chi connectivity index (χ0) is 13.6. The van der Waals surface area contributed by atoms with E-state index in [4.69, 9.17) is 4.74 Å². The first-order valence-electron chi connectivity index (χ1n) is 6.92.